The van der Waals surface area contributed by atoms with Crippen molar-refractivity contribution in [1.82, 2.24) is 15.5 Å². The Morgan fingerprint density at radius 1 is 1.28 bits per heavy atom. The molecule has 25 heavy (non-hydrogen) atoms. The number of rotatable bonds is 6. The van der Waals surface area contributed by atoms with E-state index in [0.717, 1.165) is 4.47 Å². The van der Waals surface area contributed by atoms with Crippen molar-refractivity contribution in [1.29, 1.82) is 0 Å². The fraction of sp³-hybridized carbons (Fsp3) is 0.412. The van der Waals surface area contributed by atoms with Crippen molar-refractivity contribution >= 4 is 39.4 Å². The fourth-order valence-corrected chi connectivity index (χ4v) is 2.72. The zero-order valence-corrected chi connectivity index (χ0v) is 15.6. The SMILES string of the molecule is CC(C)[C@@H]1NC(=O)CN(CC(=O)NCC(=O)c2ccc(Br)cc2)C1=O. The van der Waals surface area contributed by atoms with Crippen LogP contribution in [0, 0.1) is 5.92 Å². The number of nitrogens with one attached hydrogen (secondary N) is 2. The third kappa shape index (κ3) is 5.12. The second-order valence-electron chi connectivity index (χ2n) is 6.19. The van der Waals surface area contributed by atoms with Gasteiger partial charge in [0.25, 0.3) is 0 Å². The van der Waals surface area contributed by atoms with Crippen LogP contribution in [0.2, 0.25) is 0 Å². The van der Waals surface area contributed by atoms with Crippen molar-refractivity contribution in [3.63, 3.8) is 0 Å². The molecule has 134 valence electrons. The van der Waals surface area contributed by atoms with E-state index in [1.807, 2.05) is 13.8 Å². The van der Waals surface area contributed by atoms with E-state index in [1.54, 1.807) is 24.3 Å². The van der Waals surface area contributed by atoms with Gasteiger partial charge in [0, 0.05) is 10.0 Å². The zero-order valence-electron chi connectivity index (χ0n) is 14.0. The maximum Gasteiger partial charge on any atom is 0.246 e. The largest absolute Gasteiger partial charge is 0.347 e. The molecular formula is C17H20BrN3O4. The summed E-state index contributed by atoms with van der Waals surface area (Å²) in [5.74, 6) is -1.36. The Morgan fingerprint density at radius 2 is 1.92 bits per heavy atom. The van der Waals surface area contributed by atoms with Gasteiger partial charge < -0.3 is 15.5 Å². The lowest BCUT2D eigenvalue weighted by Gasteiger charge is -2.33. The first kappa shape index (κ1) is 19.1. The van der Waals surface area contributed by atoms with Crippen LogP contribution in [-0.2, 0) is 14.4 Å². The number of ketones is 1. The van der Waals surface area contributed by atoms with Crippen LogP contribution in [0.25, 0.3) is 0 Å². The molecule has 0 saturated carbocycles. The van der Waals surface area contributed by atoms with E-state index in [9.17, 15) is 19.2 Å². The highest BCUT2D eigenvalue weighted by Gasteiger charge is 2.35. The molecule has 0 aromatic heterocycles. The Balaban J connectivity index is 1.89. The predicted octanol–water partition coefficient (Wildman–Crippen LogP) is 0.731. The molecule has 1 aliphatic rings. The van der Waals surface area contributed by atoms with E-state index in [-0.39, 0.29) is 43.1 Å². The molecule has 0 spiro atoms. The summed E-state index contributed by atoms with van der Waals surface area (Å²) in [6.07, 6.45) is 0. The third-order valence-electron chi connectivity index (χ3n) is 3.84. The molecule has 1 heterocycles. The minimum absolute atomic E-state index is 0.0682. The molecule has 1 aromatic carbocycles. The number of carbonyl (C=O) groups excluding carboxylic acids is 4. The molecule has 1 saturated heterocycles. The summed E-state index contributed by atoms with van der Waals surface area (Å²) in [6.45, 7) is 3.08. The molecule has 1 atom stereocenters. The van der Waals surface area contributed by atoms with Gasteiger partial charge in [-0.25, -0.2) is 0 Å². The predicted molar refractivity (Wildman–Crippen MR) is 94.8 cm³/mol. The molecule has 2 N–H and O–H groups in total. The topological polar surface area (TPSA) is 95.6 Å². The highest BCUT2D eigenvalue weighted by Crippen LogP contribution is 2.11. The summed E-state index contributed by atoms with van der Waals surface area (Å²) < 4.78 is 0.856. The van der Waals surface area contributed by atoms with Crippen LogP contribution < -0.4 is 10.6 Å². The van der Waals surface area contributed by atoms with Crippen LogP contribution >= 0.6 is 15.9 Å². The maximum absolute atomic E-state index is 12.3. The van der Waals surface area contributed by atoms with E-state index in [2.05, 4.69) is 26.6 Å². The first-order chi connectivity index (χ1) is 11.8. The van der Waals surface area contributed by atoms with E-state index in [1.165, 1.54) is 4.90 Å². The van der Waals surface area contributed by atoms with Gasteiger partial charge in [-0.15, -0.1) is 0 Å². The number of amides is 3. The zero-order chi connectivity index (χ0) is 18.6. The monoisotopic (exact) mass is 409 g/mol. The molecule has 0 unspecified atom stereocenters. The molecule has 2 rings (SSSR count). The summed E-state index contributed by atoms with van der Waals surface area (Å²) in [4.78, 5) is 49.3. The van der Waals surface area contributed by atoms with E-state index < -0.39 is 11.9 Å². The van der Waals surface area contributed by atoms with Crippen molar-refractivity contribution in [2.24, 2.45) is 5.92 Å². The van der Waals surface area contributed by atoms with Gasteiger partial charge in [-0.3, -0.25) is 19.2 Å². The van der Waals surface area contributed by atoms with Gasteiger partial charge in [0.2, 0.25) is 17.7 Å². The smallest absolute Gasteiger partial charge is 0.246 e. The first-order valence-electron chi connectivity index (χ1n) is 7.91. The molecule has 0 bridgehead atoms. The second-order valence-corrected chi connectivity index (χ2v) is 7.11. The molecule has 7 nitrogen and oxygen atoms in total. The lowest BCUT2D eigenvalue weighted by Crippen LogP contribution is -2.61. The molecule has 1 aliphatic heterocycles. The standard InChI is InChI=1S/C17H20BrN3O4/c1-10(2)16-17(25)21(9-15(24)20-16)8-14(23)19-7-13(22)11-3-5-12(18)6-4-11/h3-6,10,16H,7-9H2,1-2H3,(H,19,23)(H,20,24)/t16-/m0/s1. The van der Waals surface area contributed by atoms with Crippen LogP contribution in [0.3, 0.4) is 0 Å². The van der Waals surface area contributed by atoms with Gasteiger partial charge >= 0.3 is 0 Å². The van der Waals surface area contributed by atoms with Crippen molar-refractivity contribution in [3.8, 4) is 0 Å². The van der Waals surface area contributed by atoms with Gasteiger partial charge in [0.05, 0.1) is 6.54 Å². The molecule has 8 heteroatoms. The quantitative estimate of drug-likeness (QED) is 0.676. The van der Waals surface area contributed by atoms with Gasteiger partial charge in [-0.2, -0.15) is 0 Å². The Hall–Kier alpha value is -2.22. The van der Waals surface area contributed by atoms with Gasteiger partial charge in [0.1, 0.15) is 19.1 Å². The number of hydrogen-bond acceptors (Lipinski definition) is 4. The normalized spacial score (nSPS) is 17.4. The molecular weight excluding hydrogens is 390 g/mol. The molecule has 0 radical (unpaired) electrons. The number of halogens is 1. The van der Waals surface area contributed by atoms with Crippen molar-refractivity contribution in [3.05, 3.63) is 34.3 Å². The average molecular weight is 410 g/mol. The lowest BCUT2D eigenvalue weighted by molar-refractivity contribution is -0.147. The van der Waals surface area contributed by atoms with E-state index >= 15 is 0 Å². The molecule has 0 aliphatic carbocycles. The molecule has 1 aromatic rings. The third-order valence-corrected chi connectivity index (χ3v) is 4.37. The van der Waals surface area contributed by atoms with Crippen LogP contribution in [0.15, 0.2) is 28.7 Å². The van der Waals surface area contributed by atoms with Gasteiger partial charge in [-0.05, 0) is 18.1 Å². The summed E-state index contributed by atoms with van der Waals surface area (Å²) in [6, 6.07) is 6.17. The lowest BCUT2D eigenvalue weighted by atomic mass is 10.0. The van der Waals surface area contributed by atoms with Crippen LogP contribution in [0.4, 0.5) is 0 Å². The van der Waals surface area contributed by atoms with Crippen molar-refractivity contribution in [2.75, 3.05) is 19.6 Å². The highest BCUT2D eigenvalue weighted by molar-refractivity contribution is 9.10. The second kappa shape index (κ2) is 8.24. The van der Waals surface area contributed by atoms with Crippen molar-refractivity contribution in [2.45, 2.75) is 19.9 Å². The fourth-order valence-electron chi connectivity index (χ4n) is 2.46. The Bertz CT molecular complexity index is 688. The Morgan fingerprint density at radius 3 is 2.52 bits per heavy atom. The van der Waals surface area contributed by atoms with Gasteiger partial charge in [-0.1, -0.05) is 41.9 Å². The minimum atomic E-state index is -0.626. The number of carbonyl (C=O) groups is 4. The van der Waals surface area contributed by atoms with E-state index in [0.29, 0.717) is 5.56 Å². The number of hydrogen-bond donors (Lipinski definition) is 2. The summed E-state index contributed by atoms with van der Waals surface area (Å²) in [7, 11) is 0. The van der Waals surface area contributed by atoms with Crippen molar-refractivity contribution < 1.29 is 19.2 Å². The molecule has 1 fully saturated rings. The number of Topliss-reactive ketones (excluding diaryl/α,β-unsaturated/α-hetero) is 1. The van der Waals surface area contributed by atoms with Crippen LogP contribution in [0.5, 0.6) is 0 Å². The summed E-state index contributed by atoms with van der Waals surface area (Å²) in [5, 5.41) is 5.12. The molecule has 3 amide bonds. The Kier molecular flexibility index (Phi) is 6.30. The number of nitrogens with zero attached hydrogens (tertiary/aromatic N) is 1. The first-order valence-corrected chi connectivity index (χ1v) is 8.71. The average Bonchev–Trinajstić information content (AvgIpc) is 2.56. The number of benzene rings is 1. The maximum atomic E-state index is 12.3. The van der Waals surface area contributed by atoms with Crippen LogP contribution in [0.1, 0.15) is 24.2 Å². The highest BCUT2D eigenvalue weighted by atomic mass is 79.9. The van der Waals surface area contributed by atoms with E-state index in [4.69, 9.17) is 0 Å². The van der Waals surface area contributed by atoms with Gasteiger partial charge in [0.15, 0.2) is 5.78 Å². The summed E-state index contributed by atoms with van der Waals surface area (Å²) >= 11 is 3.29. The number of piperazine rings is 1. The summed E-state index contributed by atoms with van der Waals surface area (Å²) in [5.41, 5.74) is 0.483. The Labute approximate surface area is 154 Å². The minimum Gasteiger partial charge on any atom is -0.347 e. The van der Waals surface area contributed by atoms with Crippen LogP contribution in [-0.4, -0.2) is 54.1 Å².